The molecule has 0 aromatic heterocycles. The molecule has 41 heavy (non-hydrogen) atoms. The first-order chi connectivity index (χ1) is 19.8. The van der Waals surface area contributed by atoms with Gasteiger partial charge in [0.1, 0.15) is 24.4 Å². The van der Waals surface area contributed by atoms with Crippen LogP contribution >= 0.6 is 0 Å². The Balaban J connectivity index is 2.57. The van der Waals surface area contributed by atoms with Crippen molar-refractivity contribution in [1.82, 2.24) is 5.32 Å². The Morgan fingerprint density at radius 3 is 2.02 bits per heavy atom. The van der Waals surface area contributed by atoms with Crippen LogP contribution in [0.5, 0.6) is 0 Å². The lowest BCUT2D eigenvalue weighted by atomic mass is 9.99. The maximum atomic E-state index is 12.7. The summed E-state index contributed by atoms with van der Waals surface area (Å²) in [5.41, 5.74) is 0. The van der Waals surface area contributed by atoms with E-state index in [0.29, 0.717) is 6.42 Å². The monoisotopic (exact) mass is 585 g/mol. The molecule has 0 aliphatic carbocycles. The molecule has 0 bridgehead atoms. The summed E-state index contributed by atoms with van der Waals surface area (Å²) in [7, 11) is 0. The van der Waals surface area contributed by atoms with Gasteiger partial charge in [0.05, 0.1) is 25.4 Å². The molecule has 0 spiro atoms. The van der Waals surface area contributed by atoms with Crippen molar-refractivity contribution in [2.45, 2.75) is 159 Å². The summed E-state index contributed by atoms with van der Waals surface area (Å²) < 4.78 is 11.0. The summed E-state index contributed by atoms with van der Waals surface area (Å²) >= 11 is 0. The van der Waals surface area contributed by atoms with Crippen LogP contribution in [0.1, 0.15) is 117 Å². The van der Waals surface area contributed by atoms with Gasteiger partial charge in [-0.05, 0) is 25.7 Å². The third-order valence-electron chi connectivity index (χ3n) is 7.53. The van der Waals surface area contributed by atoms with Crippen LogP contribution in [-0.2, 0) is 14.3 Å². The van der Waals surface area contributed by atoms with E-state index in [1.807, 2.05) is 6.08 Å². The van der Waals surface area contributed by atoms with E-state index in [1.165, 1.54) is 51.4 Å². The summed E-state index contributed by atoms with van der Waals surface area (Å²) in [4.78, 5) is 12.7. The highest BCUT2D eigenvalue weighted by molar-refractivity contribution is 5.76. The zero-order chi connectivity index (χ0) is 30.3. The first-order valence-electron chi connectivity index (χ1n) is 16.1. The van der Waals surface area contributed by atoms with E-state index in [9.17, 15) is 30.3 Å². The Bertz CT molecular complexity index is 701. The minimum absolute atomic E-state index is 0.196. The fourth-order valence-corrected chi connectivity index (χ4v) is 4.80. The summed E-state index contributed by atoms with van der Waals surface area (Å²) in [6.07, 6.45) is 16.7. The molecule has 7 atom stereocenters. The topological polar surface area (TPSA) is 149 Å². The number of hydrogen-bond acceptors (Lipinski definition) is 8. The van der Waals surface area contributed by atoms with Crippen molar-refractivity contribution >= 4 is 5.91 Å². The fourth-order valence-electron chi connectivity index (χ4n) is 4.80. The molecule has 1 amide bonds. The number of aliphatic hydroxyl groups is 5. The molecule has 1 fully saturated rings. The van der Waals surface area contributed by atoms with E-state index in [-0.39, 0.29) is 12.5 Å². The summed E-state index contributed by atoms with van der Waals surface area (Å²) in [6, 6.07) is -0.811. The van der Waals surface area contributed by atoms with Crippen LogP contribution in [0.2, 0.25) is 0 Å². The van der Waals surface area contributed by atoms with Crippen molar-refractivity contribution in [2.24, 2.45) is 0 Å². The largest absolute Gasteiger partial charge is 0.394 e. The molecule has 1 rings (SSSR count). The van der Waals surface area contributed by atoms with Gasteiger partial charge in [0.15, 0.2) is 6.29 Å². The van der Waals surface area contributed by atoms with Crippen LogP contribution < -0.4 is 5.32 Å². The SMILES string of the molecule is CCCC/C=C/CC/C=C/C(O)C(COC1OC(CO)C(O)C(O)C1O)NC(=O)CCCCCCCCCCCC. The van der Waals surface area contributed by atoms with Gasteiger partial charge in [-0.2, -0.15) is 0 Å². The normalized spacial score (nSPS) is 24.7. The number of unbranched alkanes of at least 4 members (excludes halogenated alkanes) is 12. The second-order valence-electron chi connectivity index (χ2n) is 11.2. The molecule has 1 aliphatic rings. The molecule has 0 radical (unpaired) electrons. The van der Waals surface area contributed by atoms with Crippen molar-refractivity contribution in [3.05, 3.63) is 24.3 Å². The predicted molar refractivity (Wildman–Crippen MR) is 161 cm³/mol. The van der Waals surface area contributed by atoms with Gasteiger partial charge in [-0.15, -0.1) is 0 Å². The van der Waals surface area contributed by atoms with E-state index < -0.39 is 49.5 Å². The number of hydrogen-bond donors (Lipinski definition) is 6. The quantitative estimate of drug-likeness (QED) is 0.0734. The minimum atomic E-state index is -1.56. The number of aliphatic hydroxyl groups excluding tert-OH is 5. The molecular formula is C32H59NO8. The Morgan fingerprint density at radius 2 is 1.39 bits per heavy atom. The molecule has 9 heteroatoms. The van der Waals surface area contributed by atoms with Gasteiger partial charge < -0.3 is 40.3 Å². The van der Waals surface area contributed by atoms with Gasteiger partial charge in [0.25, 0.3) is 0 Å². The van der Waals surface area contributed by atoms with E-state index in [4.69, 9.17) is 9.47 Å². The Kier molecular flexibility index (Phi) is 22.2. The highest BCUT2D eigenvalue weighted by Gasteiger charge is 2.44. The highest BCUT2D eigenvalue weighted by atomic mass is 16.7. The number of amides is 1. The van der Waals surface area contributed by atoms with Crippen LogP contribution in [0, 0.1) is 0 Å². The van der Waals surface area contributed by atoms with Crippen molar-refractivity contribution in [2.75, 3.05) is 13.2 Å². The summed E-state index contributed by atoms with van der Waals surface area (Å²) in [5.74, 6) is -0.196. The minimum Gasteiger partial charge on any atom is -0.394 e. The standard InChI is InChI=1S/C32H59NO8/c1-3-5-7-9-11-13-14-16-18-20-22-28(36)33-25(26(35)21-19-17-15-12-10-8-6-4-2)24-40-32-31(39)30(38)29(37)27(23-34)41-32/h10,12,19,21,25-27,29-32,34-35,37-39H,3-9,11,13-18,20,22-24H2,1-2H3,(H,33,36)/b12-10+,21-19+. The lowest BCUT2D eigenvalue weighted by Gasteiger charge is -2.40. The molecule has 6 N–H and O–H groups in total. The summed E-state index contributed by atoms with van der Waals surface area (Å²) in [5, 5.41) is 53.4. The van der Waals surface area contributed by atoms with Gasteiger partial charge in [-0.1, -0.05) is 109 Å². The van der Waals surface area contributed by atoms with Crippen LogP contribution in [0.3, 0.4) is 0 Å². The first kappa shape index (κ1) is 37.7. The van der Waals surface area contributed by atoms with Crippen molar-refractivity contribution in [3.8, 4) is 0 Å². The third-order valence-corrected chi connectivity index (χ3v) is 7.53. The van der Waals surface area contributed by atoms with Gasteiger partial charge in [0, 0.05) is 6.42 Å². The molecule has 7 unspecified atom stereocenters. The van der Waals surface area contributed by atoms with Crippen LogP contribution in [0.4, 0.5) is 0 Å². The molecule has 1 aliphatic heterocycles. The zero-order valence-corrected chi connectivity index (χ0v) is 25.5. The van der Waals surface area contributed by atoms with E-state index in [1.54, 1.807) is 6.08 Å². The summed E-state index contributed by atoms with van der Waals surface area (Å²) in [6.45, 7) is 3.61. The third kappa shape index (κ3) is 16.8. The second-order valence-corrected chi connectivity index (χ2v) is 11.2. The first-order valence-corrected chi connectivity index (χ1v) is 16.1. The van der Waals surface area contributed by atoms with Gasteiger partial charge >= 0.3 is 0 Å². The fraction of sp³-hybridized carbons (Fsp3) is 0.844. The lowest BCUT2D eigenvalue weighted by Crippen LogP contribution is -2.60. The molecule has 1 saturated heterocycles. The number of ether oxygens (including phenoxy) is 2. The van der Waals surface area contributed by atoms with E-state index in [2.05, 4.69) is 31.3 Å². The average molecular weight is 586 g/mol. The maximum Gasteiger partial charge on any atom is 0.220 e. The second kappa shape index (κ2) is 24.1. The molecular weight excluding hydrogens is 526 g/mol. The van der Waals surface area contributed by atoms with E-state index in [0.717, 1.165) is 44.9 Å². The smallest absolute Gasteiger partial charge is 0.220 e. The molecule has 1 heterocycles. The molecule has 0 aromatic carbocycles. The molecule has 0 saturated carbocycles. The molecule has 240 valence electrons. The zero-order valence-electron chi connectivity index (χ0n) is 25.5. The highest BCUT2D eigenvalue weighted by Crippen LogP contribution is 2.22. The van der Waals surface area contributed by atoms with Crippen molar-refractivity contribution in [3.63, 3.8) is 0 Å². The van der Waals surface area contributed by atoms with Gasteiger partial charge in [-0.25, -0.2) is 0 Å². The van der Waals surface area contributed by atoms with Gasteiger partial charge in [0.2, 0.25) is 5.91 Å². The van der Waals surface area contributed by atoms with Crippen molar-refractivity contribution < 1.29 is 39.8 Å². The van der Waals surface area contributed by atoms with Crippen LogP contribution in [-0.4, -0.2) is 87.5 Å². The number of nitrogens with one attached hydrogen (secondary N) is 1. The number of rotatable bonds is 24. The van der Waals surface area contributed by atoms with Gasteiger partial charge in [-0.3, -0.25) is 4.79 Å². The number of carbonyl (C=O) groups is 1. The predicted octanol–water partition coefficient (Wildman–Crippen LogP) is 4.04. The Labute approximate surface area is 248 Å². The van der Waals surface area contributed by atoms with E-state index >= 15 is 0 Å². The molecule has 9 nitrogen and oxygen atoms in total. The molecule has 0 aromatic rings. The lowest BCUT2D eigenvalue weighted by molar-refractivity contribution is -0.302. The number of allylic oxidation sites excluding steroid dienone is 3. The number of carbonyl (C=O) groups excluding carboxylic acids is 1. The Hall–Kier alpha value is -1.33. The van der Waals surface area contributed by atoms with Crippen LogP contribution in [0.25, 0.3) is 0 Å². The van der Waals surface area contributed by atoms with Crippen molar-refractivity contribution in [1.29, 1.82) is 0 Å². The maximum absolute atomic E-state index is 12.7. The Morgan fingerprint density at radius 1 is 0.805 bits per heavy atom. The average Bonchev–Trinajstić information content (AvgIpc) is 2.97. The van der Waals surface area contributed by atoms with Crippen LogP contribution in [0.15, 0.2) is 24.3 Å².